The minimum Gasteiger partial charge on any atom is -0.507 e. The van der Waals surface area contributed by atoms with Gasteiger partial charge in [0.2, 0.25) is 5.95 Å². The second kappa shape index (κ2) is 7.18. The van der Waals surface area contributed by atoms with Crippen molar-refractivity contribution in [3.05, 3.63) is 34.1 Å². The van der Waals surface area contributed by atoms with Gasteiger partial charge in [-0.1, -0.05) is 0 Å². The first-order valence-electron chi connectivity index (χ1n) is 8.46. The van der Waals surface area contributed by atoms with Gasteiger partial charge >= 0.3 is 6.18 Å². The van der Waals surface area contributed by atoms with Crippen molar-refractivity contribution < 1.29 is 18.3 Å². The van der Waals surface area contributed by atoms with E-state index in [2.05, 4.69) is 20.4 Å². The number of aromatic hydroxyl groups is 1. The van der Waals surface area contributed by atoms with Crippen molar-refractivity contribution in [3.63, 3.8) is 0 Å². The number of anilines is 1. The van der Waals surface area contributed by atoms with Crippen molar-refractivity contribution >= 4 is 5.95 Å². The molecule has 2 heterocycles. The summed E-state index contributed by atoms with van der Waals surface area (Å²) in [6.45, 7) is 1.81. The van der Waals surface area contributed by atoms with E-state index in [1.54, 1.807) is 0 Å². The fourth-order valence-electron chi connectivity index (χ4n) is 3.13. The number of likely N-dealkylation sites (N-methyl/N-ethyl adjacent to an activating group) is 1. The van der Waals surface area contributed by atoms with Crippen LogP contribution in [0.25, 0.3) is 11.3 Å². The third-order valence-corrected chi connectivity index (χ3v) is 4.61. The number of aromatic nitrogens is 3. The van der Waals surface area contributed by atoms with Gasteiger partial charge in [-0.25, -0.2) is 0 Å². The van der Waals surface area contributed by atoms with E-state index in [0.717, 1.165) is 38.1 Å². The molecule has 1 atom stereocenters. The standard InChI is InChI=1S/C17H20F3N5O2/c1-24-7-3-4-11(9-24)21-16-23-22-14(15(27)25(16)2)12-6-5-10(8-13(12)26)17(18,19)20/h5-6,8,11,26H,3-4,7,9H2,1-2H3,(H,21,23)/t11-/m1/s1. The number of nitrogens with one attached hydrogen (secondary N) is 1. The zero-order chi connectivity index (χ0) is 19.8. The highest BCUT2D eigenvalue weighted by Crippen LogP contribution is 2.35. The summed E-state index contributed by atoms with van der Waals surface area (Å²) in [4.78, 5) is 14.8. The zero-order valence-electron chi connectivity index (χ0n) is 14.9. The van der Waals surface area contributed by atoms with Gasteiger partial charge in [0.15, 0.2) is 5.69 Å². The monoisotopic (exact) mass is 383 g/mol. The summed E-state index contributed by atoms with van der Waals surface area (Å²) in [5.74, 6) is -0.402. The Hall–Kier alpha value is -2.62. The van der Waals surface area contributed by atoms with Crippen LogP contribution in [0.4, 0.5) is 19.1 Å². The lowest BCUT2D eigenvalue weighted by Gasteiger charge is -2.30. The van der Waals surface area contributed by atoms with Crippen LogP contribution < -0.4 is 10.9 Å². The molecule has 0 spiro atoms. The molecule has 0 amide bonds. The van der Waals surface area contributed by atoms with E-state index in [1.807, 2.05) is 7.05 Å². The number of rotatable bonds is 3. The zero-order valence-corrected chi connectivity index (χ0v) is 14.9. The number of halogens is 3. The van der Waals surface area contributed by atoms with E-state index in [0.29, 0.717) is 6.07 Å². The van der Waals surface area contributed by atoms with Crippen molar-refractivity contribution in [2.24, 2.45) is 7.05 Å². The van der Waals surface area contributed by atoms with Crippen molar-refractivity contribution in [1.82, 2.24) is 19.7 Å². The topological polar surface area (TPSA) is 83.3 Å². The first-order chi connectivity index (χ1) is 12.7. The molecular weight excluding hydrogens is 363 g/mol. The fourth-order valence-corrected chi connectivity index (χ4v) is 3.13. The van der Waals surface area contributed by atoms with Crippen LogP contribution in [0.2, 0.25) is 0 Å². The molecule has 0 radical (unpaired) electrons. The van der Waals surface area contributed by atoms with Crippen LogP contribution in [0.1, 0.15) is 18.4 Å². The molecule has 27 heavy (non-hydrogen) atoms. The quantitative estimate of drug-likeness (QED) is 0.844. The van der Waals surface area contributed by atoms with Crippen molar-refractivity contribution in [1.29, 1.82) is 0 Å². The van der Waals surface area contributed by atoms with E-state index < -0.39 is 23.0 Å². The van der Waals surface area contributed by atoms with Crippen molar-refractivity contribution in [2.75, 3.05) is 25.5 Å². The second-order valence-electron chi connectivity index (χ2n) is 6.71. The predicted molar refractivity (Wildman–Crippen MR) is 93.5 cm³/mol. The van der Waals surface area contributed by atoms with E-state index in [9.17, 15) is 23.1 Å². The predicted octanol–water partition coefficient (Wildman–Crippen LogP) is 2.07. The Kier molecular flexibility index (Phi) is 5.09. The highest BCUT2D eigenvalue weighted by Gasteiger charge is 2.31. The largest absolute Gasteiger partial charge is 0.507 e. The molecule has 3 rings (SSSR count). The third kappa shape index (κ3) is 4.05. The average molecular weight is 383 g/mol. The second-order valence-corrected chi connectivity index (χ2v) is 6.71. The molecule has 0 unspecified atom stereocenters. The van der Waals surface area contributed by atoms with Crippen LogP contribution in [0, 0.1) is 0 Å². The number of hydrogen-bond acceptors (Lipinski definition) is 6. The first-order valence-corrected chi connectivity index (χ1v) is 8.46. The van der Waals surface area contributed by atoms with Gasteiger partial charge in [0, 0.05) is 25.2 Å². The molecule has 1 saturated heterocycles. The average Bonchev–Trinajstić information content (AvgIpc) is 2.59. The Labute approximate surface area is 153 Å². The van der Waals surface area contributed by atoms with Gasteiger partial charge in [0.1, 0.15) is 5.75 Å². The summed E-state index contributed by atoms with van der Waals surface area (Å²) >= 11 is 0. The Bertz CT molecular complexity index is 897. The van der Waals surface area contributed by atoms with Crippen LogP contribution in [0.3, 0.4) is 0 Å². The smallest absolute Gasteiger partial charge is 0.416 e. The van der Waals surface area contributed by atoms with Crippen LogP contribution in [-0.4, -0.2) is 50.9 Å². The van der Waals surface area contributed by atoms with Crippen molar-refractivity contribution in [3.8, 4) is 17.0 Å². The summed E-state index contributed by atoms with van der Waals surface area (Å²) in [6, 6.07) is 2.50. The molecular formula is C17H20F3N5O2. The lowest BCUT2D eigenvalue weighted by atomic mass is 10.1. The number of likely N-dealkylation sites (tertiary alicyclic amines) is 1. The Morgan fingerprint density at radius 1 is 1.26 bits per heavy atom. The molecule has 10 heteroatoms. The number of phenols is 1. The first kappa shape index (κ1) is 19.2. The SMILES string of the molecule is CN1CCC[C@@H](Nc2nnc(-c3ccc(C(F)(F)F)cc3O)c(=O)n2C)C1. The maximum atomic E-state index is 12.7. The highest BCUT2D eigenvalue weighted by atomic mass is 19.4. The van der Waals surface area contributed by atoms with Crippen LogP contribution in [0.15, 0.2) is 23.0 Å². The van der Waals surface area contributed by atoms with E-state index in [4.69, 9.17) is 0 Å². The maximum absolute atomic E-state index is 12.7. The Morgan fingerprint density at radius 3 is 2.63 bits per heavy atom. The Balaban J connectivity index is 1.90. The highest BCUT2D eigenvalue weighted by molar-refractivity contribution is 5.66. The molecule has 1 aliphatic heterocycles. The molecule has 1 fully saturated rings. The van der Waals surface area contributed by atoms with Crippen LogP contribution in [0.5, 0.6) is 5.75 Å². The van der Waals surface area contributed by atoms with Gasteiger partial charge in [-0.05, 0) is 44.6 Å². The summed E-state index contributed by atoms with van der Waals surface area (Å²) in [6.07, 6.45) is -2.64. The van der Waals surface area contributed by atoms with Crippen molar-refractivity contribution in [2.45, 2.75) is 25.1 Å². The lowest BCUT2D eigenvalue weighted by molar-refractivity contribution is -0.137. The van der Waals surface area contributed by atoms with Gasteiger partial charge in [0.05, 0.1) is 5.56 Å². The van der Waals surface area contributed by atoms with Gasteiger partial charge in [-0.3, -0.25) is 9.36 Å². The minimum absolute atomic E-state index is 0.0972. The number of phenolic OH excluding ortho intramolecular Hbond substituents is 1. The Morgan fingerprint density at radius 2 is 2.00 bits per heavy atom. The maximum Gasteiger partial charge on any atom is 0.416 e. The summed E-state index contributed by atoms with van der Waals surface area (Å²) < 4.78 is 39.4. The van der Waals surface area contributed by atoms with E-state index in [1.165, 1.54) is 11.6 Å². The summed E-state index contributed by atoms with van der Waals surface area (Å²) in [7, 11) is 3.51. The van der Waals surface area contributed by atoms with Crippen LogP contribution in [-0.2, 0) is 13.2 Å². The third-order valence-electron chi connectivity index (χ3n) is 4.61. The minimum atomic E-state index is -4.59. The molecule has 2 aromatic rings. The molecule has 0 aliphatic carbocycles. The normalized spacial score (nSPS) is 18.5. The summed E-state index contributed by atoms with van der Waals surface area (Å²) in [5.41, 5.74) is -1.88. The lowest BCUT2D eigenvalue weighted by Crippen LogP contribution is -2.41. The molecule has 1 aliphatic rings. The van der Waals surface area contributed by atoms with Gasteiger partial charge < -0.3 is 15.3 Å². The van der Waals surface area contributed by atoms with Gasteiger partial charge in [-0.15, -0.1) is 10.2 Å². The van der Waals surface area contributed by atoms with E-state index >= 15 is 0 Å². The fraction of sp³-hybridized carbons (Fsp3) is 0.471. The molecule has 7 nitrogen and oxygen atoms in total. The van der Waals surface area contributed by atoms with Crippen LogP contribution >= 0.6 is 0 Å². The number of hydrogen-bond donors (Lipinski definition) is 2. The van der Waals surface area contributed by atoms with E-state index in [-0.39, 0.29) is 23.2 Å². The van der Waals surface area contributed by atoms with Gasteiger partial charge in [-0.2, -0.15) is 13.2 Å². The number of alkyl halides is 3. The van der Waals surface area contributed by atoms with Gasteiger partial charge in [0.25, 0.3) is 5.56 Å². The number of nitrogens with zero attached hydrogens (tertiary/aromatic N) is 4. The number of benzene rings is 1. The molecule has 1 aromatic carbocycles. The number of piperidine rings is 1. The molecule has 1 aromatic heterocycles. The molecule has 146 valence electrons. The molecule has 0 saturated carbocycles. The molecule has 2 N–H and O–H groups in total. The molecule has 0 bridgehead atoms. The summed E-state index contributed by atoms with van der Waals surface area (Å²) in [5, 5.41) is 21.0.